The van der Waals surface area contributed by atoms with Crippen molar-refractivity contribution < 1.29 is 4.79 Å². The van der Waals surface area contributed by atoms with Gasteiger partial charge in [-0.25, -0.2) is 4.98 Å². The van der Waals surface area contributed by atoms with E-state index in [0.717, 1.165) is 26.1 Å². The highest BCUT2D eigenvalue weighted by Gasteiger charge is 2.23. The van der Waals surface area contributed by atoms with E-state index in [2.05, 4.69) is 39.5 Å². The molecule has 0 aliphatic carbocycles. The number of carbonyl (C=O) groups is 1. The van der Waals surface area contributed by atoms with Gasteiger partial charge in [-0.1, -0.05) is 30.3 Å². The maximum Gasteiger partial charge on any atom is 0.260 e. The fourth-order valence-electron chi connectivity index (χ4n) is 3.81. The number of nitrogens with zero attached hydrogens (tertiary/aromatic N) is 3. The summed E-state index contributed by atoms with van der Waals surface area (Å²) >= 11 is 0. The molecule has 144 valence electrons. The molecule has 1 aliphatic rings. The van der Waals surface area contributed by atoms with Gasteiger partial charge in [-0.2, -0.15) is 0 Å². The number of likely N-dealkylation sites (tertiary alicyclic amines) is 1. The van der Waals surface area contributed by atoms with Gasteiger partial charge in [0.25, 0.3) is 11.5 Å². The molecule has 0 unspecified atom stereocenters. The Bertz CT molecular complexity index is 1050. The standard InChI is InChI=1S/C22H24N4O2/c1-25-15-24-20-13-17(7-8-19(20)22(25)28)21(27)23-10-12-26-11-9-18(14-26)16-5-3-2-4-6-16/h2-8,13,15,18H,9-12,14H2,1H3,(H,23,27)/t18-/m0/s1. The number of benzene rings is 2. The molecule has 6 heteroatoms. The van der Waals surface area contributed by atoms with Crippen LogP contribution in [0, 0.1) is 0 Å². The molecule has 1 N–H and O–H groups in total. The zero-order valence-electron chi connectivity index (χ0n) is 16.0. The van der Waals surface area contributed by atoms with E-state index >= 15 is 0 Å². The van der Waals surface area contributed by atoms with Gasteiger partial charge in [0.15, 0.2) is 0 Å². The molecular formula is C22H24N4O2. The zero-order chi connectivity index (χ0) is 19.5. The molecule has 1 fully saturated rings. The molecule has 0 spiro atoms. The van der Waals surface area contributed by atoms with Crippen molar-refractivity contribution in [2.24, 2.45) is 7.05 Å². The lowest BCUT2D eigenvalue weighted by molar-refractivity contribution is 0.0950. The highest BCUT2D eigenvalue weighted by molar-refractivity contribution is 5.97. The second-order valence-corrected chi connectivity index (χ2v) is 7.35. The van der Waals surface area contributed by atoms with Crippen LogP contribution in [-0.4, -0.2) is 46.5 Å². The first-order chi connectivity index (χ1) is 13.6. The van der Waals surface area contributed by atoms with Crippen molar-refractivity contribution in [3.63, 3.8) is 0 Å². The molecule has 1 atom stereocenters. The van der Waals surface area contributed by atoms with Crippen LogP contribution in [0.2, 0.25) is 0 Å². The van der Waals surface area contributed by atoms with Crippen LogP contribution in [0.3, 0.4) is 0 Å². The van der Waals surface area contributed by atoms with Gasteiger partial charge in [-0.3, -0.25) is 9.59 Å². The van der Waals surface area contributed by atoms with Crippen LogP contribution in [0.15, 0.2) is 59.7 Å². The topological polar surface area (TPSA) is 67.2 Å². The third-order valence-electron chi connectivity index (χ3n) is 5.44. The number of aromatic nitrogens is 2. The molecule has 0 radical (unpaired) electrons. The molecule has 1 amide bonds. The second kappa shape index (κ2) is 7.94. The normalized spacial score (nSPS) is 17.1. The minimum absolute atomic E-state index is 0.112. The summed E-state index contributed by atoms with van der Waals surface area (Å²) in [6, 6.07) is 15.6. The fraction of sp³-hybridized carbons (Fsp3) is 0.318. The Morgan fingerprint density at radius 3 is 2.86 bits per heavy atom. The highest BCUT2D eigenvalue weighted by Crippen LogP contribution is 2.26. The Labute approximate surface area is 163 Å². The minimum Gasteiger partial charge on any atom is -0.351 e. The smallest absolute Gasteiger partial charge is 0.260 e. The van der Waals surface area contributed by atoms with Crippen LogP contribution < -0.4 is 10.9 Å². The molecule has 0 bridgehead atoms. The second-order valence-electron chi connectivity index (χ2n) is 7.35. The summed E-state index contributed by atoms with van der Waals surface area (Å²) < 4.78 is 1.43. The van der Waals surface area contributed by atoms with E-state index in [1.807, 2.05) is 6.07 Å². The van der Waals surface area contributed by atoms with Gasteiger partial charge in [0.2, 0.25) is 0 Å². The maximum atomic E-state index is 12.5. The summed E-state index contributed by atoms with van der Waals surface area (Å²) in [6.45, 7) is 3.52. The lowest BCUT2D eigenvalue weighted by atomic mass is 9.99. The number of nitrogens with one attached hydrogen (secondary N) is 1. The Kier molecular flexibility index (Phi) is 5.21. The number of carbonyl (C=O) groups excluding carboxylic acids is 1. The van der Waals surface area contributed by atoms with E-state index in [1.165, 1.54) is 16.5 Å². The summed E-state index contributed by atoms with van der Waals surface area (Å²) in [4.78, 5) is 31.2. The van der Waals surface area contributed by atoms with E-state index in [4.69, 9.17) is 0 Å². The number of rotatable bonds is 5. The Morgan fingerprint density at radius 1 is 1.21 bits per heavy atom. The zero-order valence-corrected chi connectivity index (χ0v) is 16.0. The van der Waals surface area contributed by atoms with E-state index in [-0.39, 0.29) is 11.5 Å². The lowest BCUT2D eigenvalue weighted by Crippen LogP contribution is -2.33. The number of aryl methyl sites for hydroxylation is 1. The predicted octanol–water partition coefficient (Wildman–Crippen LogP) is 2.15. The number of hydrogen-bond donors (Lipinski definition) is 1. The van der Waals surface area contributed by atoms with Gasteiger partial charge in [0.1, 0.15) is 0 Å². The van der Waals surface area contributed by atoms with Crippen LogP contribution >= 0.6 is 0 Å². The molecule has 2 heterocycles. The van der Waals surface area contributed by atoms with Crippen molar-refractivity contribution in [3.8, 4) is 0 Å². The van der Waals surface area contributed by atoms with Crippen molar-refractivity contribution >= 4 is 16.8 Å². The fourth-order valence-corrected chi connectivity index (χ4v) is 3.81. The van der Waals surface area contributed by atoms with Crippen molar-refractivity contribution in [3.05, 3.63) is 76.3 Å². The number of fused-ring (bicyclic) bond motifs is 1. The number of hydrogen-bond acceptors (Lipinski definition) is 4. The molecule has 28 heavy (non-hydrogen) atoms. The molecular weight excluding hydrogens is 352 g/mol. The van der Waals surface area contributed by atoms with Crippen LogP contribution in [0.1, 0.15) is 28.3 Å². The quantitative estimate of drug-likeness (QED) is 0.741. The van der Waals surface area contributed by atoms with Gasteiger partial charge < -0.3 is 14.8 Å². The summed E-state index contributed by atoms with van der Waals surface area (Å²) in [6.07, 6.45) is 2.63. The maximum absolute atomic E-state index is 12.5. The predicted molar refractivity (Wildman–Crippen MR) is 110 cm³/mol. The molecule has 1 aromatic heterocycles. The average Bonchev–Trinajstić information content (AvgIpc) is 3.20. The van der Waals surface area contributed by atoms with Gasteiger partial charge in [0, 0.05) is 32.2 Å². The van der Waals surface area contributed by atoms with E-state index in [1.54, 1.807) is 25.2 Å². The highest BCUT2D eigenvalue weighted by atomic mass is 16.1. The average molecular weight is 376 g/mol. The molecule has 0 saturated carbocycles. The Morgan fingerprint density at radius 2 is 2.04 bits per heavy atom. The lowest BCUT2D eigenvalue weighted by Gasteiger charge is -2.16. The molecule has 1 aliphatic heterocycles. The third-order valence-corrected chi connectivity index (χ3v) is 5.44. The SMILES string of the molecule is Cn1cnc2cc(C(=O)NCCN3CC[C@H](c4ccccc4)C3)ccc2c1=O. The van der Waals surface area contributed by atoms with E-state index in [9.17, 15) is 9.59 Å². The first-order valence-electron chi connectivity index (χ1n) is 9.63. The third kappa shape index (κ3) is 3.82. The molecule has 2 aromatic carbocycles. The summed E-state index contributed by atoms with van der Waals surface area (Å²) in [5.41, 5.74) is 2.35. The van der Waals surface area contributed by atoms with Crippen LogP contribution in [0.25, 0.3) is 10.9 Å². The van der Waals surface area contributed by atoms with E-state index < -0.39 is 0 Å². The molecule has 1 saturated heterocycles. The molecule has 4 rings (SSSR count). The van der Waals surface area contributed by atoms with Crippen LogP contribution in [0.4, 0.5) is 0 Å². The monoisotopic (exact) mass is 376 g/mol. The van der Waals surface area contributed by atoms with Crippen LogP contribution in [-0.2, 0) is 7.05 Å². The van der Waals surface area contributed by atoms with Crippen molar-refractivity contribution in [2.75, 3.05) is 26.2 Å². The minimum atomic E-state index is -0.136. The van der Waals surface area contributed by atoms with Gasteiger partial charge in [0.05, 0.1) is 17.2 Å². The van der Waals surface area contributed by atoms with Crippen molar-refractivity contribution in [1.82, 2.24) is 19.8 Å². The summed E-state index contributed by atoms with van der Waals surface area (Å²) in [7, 11) is 1.66. The number of amides is 1. The van der Waals surface area contributed by atoms with Gasteiger partial charge in [-0.15, -0.1) is 0 Å². The molecule has 6 nitrogen and oxygen atoms in total. The van der Waals surface area contributed by atoms with Crippen molar-refractivity contribution in [1.29, 1.82) is 0 Å². The first-order valence-corrected chi connectivity index (χ1v) is 9.63. The van der Waals surface area contributed by atoms with Crippen LogP contribution in [0.5, 0.6) is 0 Å². The largest absolute Gasteiger partial charge is 0.351 e. The Hall–Kier alpha value is -2.99. The van der Waals surface area contributed by atoms with Gasteiger partial charge in [-0.05, 0) is 42.6 Å². The first kappa shape index (κ1) is 18.4. The van der Waals surface area contributed by atoms with Crippen molar-refractivity contribution in [2.45, 2.75) is 12.3 Å². The summed E-state index contributed by atoms with van der Waals surface area (Å²) in [5, 5.41) is 3.50. The van der Waals surface area contributed by atoms with E-state index in [0.29, 0.717) is 28.9 Å². The summed E-state index contributed by atoms with van der Waals surface area (Å²) in [5.74, 6) is 0.439. The molecule has 3 aromatic rings. The van der Waals surface area contributed by atoms with Gasteiger partial charge >= 0.3 is 0 Å². The Balaban J connectivity index is 1.32.